The van der Waals surface area contributed by atoms with Gasteiger partial charge in [-0.3, -0.25) is 14.9 Å². The smallest absolute Gasteiger partial charge is 0.295 e. The summed E-state index contributed by atoms with van der Waals surface area (Å²) in [7, 11) is 6.73. The van der Waals surface area contributed by atoms with Crippen molar-refractivity contribution in [1.29, 1.82) is 0 Å². The first kappa shape index (κ1) is 25.3. The highest BCUT2D eigenvalue weighted by Crippen LogP contribution is 2.37. The molecule has 1 heterocycles. The maximum Gasteiger partial charge on any atom is 0.295 e. The molecule has 0 unspecified atom stereocenters. The molecule has 0 spiro atoms. The van der Waals surface area contributed by atoms with E-state index in [1.165, 1.54) is 26.5 Å². The number of fused-ring (bicyclic) bond motifs is 1. The number of anilines is 1. The van der Waals surface area contributed by atoms with Crippen molar-refractivity contribution in [2.24, 2.45) is 0 Å². The third-order valence-corrected chi connectivity index (χ3v) is 5.38. The molecule has 1 amide bonds. The van der Waals surface area contributed by atoms with Crippen LogP contribution in [0.3, 0.4) is 0 Å². The molecule has 1 N–H and O–H groups in total. The predicted octanol–water partition coefficient (Wildman–Crippen LogP) is 4.27. The normalized spacial score (nSPS) is 10.2. The molecule has 2 aromatic carbocycles. The molecule has 3 aromatic rings. The van der Waals surface area contributed by atoms with Crippen LogP contribution in [0.4, 0.5) is 11.4 Å². The van der Waals surface area contributed by atoms with Crippen LogP contribution in [0.2, 0.25) is 0 Å². The summed E-state index contributed by atoms with van der Waals surface area (Å²) < 4.78 is 11.5. The van der Waals surface area contributed by atoms with E-state index in [4.69, 9.17) is 9.47 Å². The highest BCUT2D eigenvalue weighted by atomic mass is 127. The number of aromatic nitrogens is 1. The molecular weight excluding hydrogens is 527 g/mol. The van der Waals surface area contributed by atoms with E-state index in [9.17, 15) is 14.9 Å². The van der Waals surface area contributed by atoms with Gasteiger partial charge in [-0.15, -0.1) is 0 Å². The quantitative estimate of drug-likeness (QED) is 0.277. The van der Waals surface area contributed by atoms with Gasteiger partial charge in [0.2, 0.25) is 0 Å². The summed E-state index contributed by atoms with van der Waals surface area (Å²) in [5.41, 5.74) is 1.02. The highest BCUT2D eigenvalue weighted by molar-refractivity contribution is 14.1. The van der Waals surface area contributed by atoms with Gasteiger partial charge < -0.3 is 19.7 Å². The molecule has 0 aliphatic rings. The fourth-order valence-electron chi connectivity index (χ4n) is 3.19. The summed E-state index contributed by atoms with van der Waals surface area (Å²) in [5.74, 6) is 0.487. The van der Waals surface area contributed by atoms with Crippen LogP contribution in [-0.2, 0) is 0 Å². The first-order valence-corrected chi connectivity index (χ1v) is 10.8. The van der Waals surface area contributed by atoms with E-state index < -0.39 is 4.92 Å². The lowest BCUT2D eigenvalue weighted by Gasteiger charge is -2.24. The molecule has 0 aliphatic heterocycles. The van der Waals surface area contributed by atoms with Gasteiger partial charge in [-0.25, -0.2) is 4.98 Å². The van der Waals surface area contributed by atoms with E-state index in [0.717, 1.165) is 0 Å². The van der Waals surface area contributed by atoms with Crippen molar-refractivity contribution in [2.75, 3.05) is 39.8 Å². The number of para-hydroxylation sites is 1. The van der Waals surface area contributed by atoms with Gasteiger partial charge >= 0.3 is 0 Å². The molecule has 10 heteroatoms. The molecule has 170 valence electrons. The Balaban J connectivity index is 0.00000114. The Morgan fingerprint density at radius 1 is 1.19 bits per heavy atom. The number of amides is 1. The first-order chi connectivity index (χ1) is 15.4. The van der Waals surface area contributed by atoms with Crippen LogP contribution >= 0.6 is 22.6 Å². The second-order valence-corrected chi connectivity index (χ2v) is 7.63. The first-order valence-electron chi connectivity index (χ1n) is 9.69. The van der Waals surface area contributed by atoms with Gasteiger partial charge in [0.1, 0.15) is 5.52 Å². The lowest BCUT2D eigenvalue weighted by Crippen LogP contribution is -2.32. The number of hydrogen-bond donors (Lipinski definition) is 1. The van der Waals surface area contributed by atoms with Crippen LogP contribution in [-0.4, -0.2) is 50.7 Å². The molecule has 1 aromatic heterocycles. The number of non-ortho nitro benzene ring substituents is 1. The molecule has 0 aliphatic carbocycles. The fourth-order valence-corrected chi connectivity index (χ4v) is 3.84. The fraction of sp³-hybridized carbons (Fsp3) is 0.273. The topological polar surface area (TPSA) is 107 Å². The third kappa shape index (κ3) is 5.07. The van der Waals surface area contributed by atoms with Gasteiger partial charge in [0.15, 0.2) is 11.5 Å². The van der Waals surface area contributed by atoms with Gasteiger partial charge in [0.25, 0.3) is 11.6 Å². The molecule has 0 saturated carbocycles. The number of carbonyl (C=O) groups is 1. The van der Waals surface area contributed by atoms with Crippen molar-refractivity contribution < 1.29 is 19.2 Å². The molecule has 3 rings (SSSR count). The Labute approximate surface area is 200 Å². The van der Waals surface area contributed by atoms with E-state index in [2.05, 4.69) is 32.9 Å². The van der Waals surface area contributed by atoms with Crippen molar-refractivity contribution in [3.8, 4) is 11.5 Å². The number of nitro groups is 1. The van der Waals surface area contributed by atoms with Gasteiger partial charge in [0.05, 0.1) is 30.4 Å². The summed E-state index contributed by atoms with van der Waals surface area (Å²) >= 11 is 2.07. The van der Waals surface area contributed by atoms with Crippen LogP contribution in [0.5, 0.6) is 11.5 Å². The Morgan fingerprint density at radius 3 is 2.44 bits per heavy atom. The van der Waals surface area contributed by atoms with Crippen LogP contribution in [0.25, 0.3) is 10.9 Å². The van der Waals surface area contributed by atoms with Crippen LogP contribution in [0, 0.1) is 13.7 Å². The van der Waals surface area contributed by atoms with Crippen molar-refractivity contribution in [1.82, 2.24) is 10.3 Å². The minimum absolute atomic E-state index is 0.110. The molecule has 0 bridgehead atoms. The molecule has 0 fully saturated rings. The van der Waals surface area contributed by atoms with E-state index >= 15 is 0 Å². The van der Waals surface area contributed by atoms with Gasteiger partial charge in [-0.05, 0) is 61.8 Å². The van der Waals surface area contributed by atoms with E-state index in [1.54, 1.807) is 35.2 Å². The Hall–Kier alpha value is -2.99. The molecule has 0 radical (unpaired) electrons. The van der Waals surface area contributed by atoms with Gasteiger partial charge in [-0.2, -0.15) is 0 Å². The second kappa shape index (κ2) is 11.6. The van der Waals surface area contributed by atoms with Crippen LogP contribution in [0.1, 0.15) is 17.3 Å². The predicted molar refractivity (Wildman–Crippen MR) is 133 cm³/mol. The van der Waals surface area contributed by atoms with Crippen molar-refractivity contribution in [3.05, 3.63) is 61.8 Å². The Morgan fingerprint density at radius 2 is 1.88 bits per heavy atom. The summed E-state index contributed by atoms with van der Waals surface area (Å²) in [4.78, 5) is 30.1. The SMILES string of the molecule is CCN(C(=O)c1c(I)ccc(OC)c1OC)c1ccnc2c([N+](=O)[O-])cccc12.CNC. The zero-order valence-electron chi connectivity index (χ0n) is 18.5. The molecule has 9 nitrogen and oxygen atoms in total. The minimum atomic E-state index is -0.481. The van der Waals surface area contributed by atoms with Gasteiger partial charge in [-0.1, -0.05) is 12.1 Å². The third-order valence-electron chi connectivity index (χ3n) is 4.48. The number of nitro benzene ring substituents is 1. The lowest BCUT2D eigenvalue weighted by molar-refractivity contribution is -0.383. The van der Waals surface area contributed by atoms with E-state index in [0.29, 0.717) is 38.3 Å². The standard InChI is InChI=1S/C20H18IN3O5.C2H7N/c1-4-23(20(25)17-13(21)8-9-16(28-2)19(17)29-3)14-10-11-22-18-12(14)6-5-7-15(18)24(26)27;1-3-2/h5-11H,4H2,1-3H3;3H,1-2H3. The number of carbonyl (C=O) groups excluding carboxylic acids is 1. The summed E-state index contributed by atoms with van der Waals surface area (Å²) in [6.45, 7) is 2.18. The lowest BCUT2D eigenvalue weighted by atomic mass is 10.1. The maximum atomic E-state index is 13.5. The number of rotatable bonds is 6. The maximum absolute atomic E-state index is 13.5. The minimum Gasteiger partial charge on any atom is -0.493 e. The number of pyridine rings is 1. The highest BCUT2D eigenvalue weighted by Gasteiger charge is 2.27. The van der Waals surface area contributed by atoms with Crippen molar-refractivity contribution in [3.63, 3.8) is 0 Å². The Bertz CT molecular complexity index is 1120. The average Bonchev–Trinajstić information content (AvgIpc) is 2.79. The van der Waals surface area contributed by atoms with Crippen molar-refractivity contribution >= 4 is 50.8 Å². The second-order valence-electron chi connectivity index (χ2n) is 6.47. The summed E-state index contributed by atoms with van der Waals surface area (Å²) in [6.07, 6.45) is 1.47. The summed E-state index contributed by atoms with van der Waals surface area (Å²) in [6, 6.07) is 9.88. The van der Waals surface area contributed by atoms with E-state index in [1.807, 2.05) is 21.0 Å². The number of hydrogen-bond acceptors (Lipinski definition) is 7. The Kier molecular flexibility index (Phi) is 9.14. The zero-order chi connectivity index (χ0) is 23.8. The molecule has 0 saturated heterocycles. The number of halogens is 1. The monoisotopic (exact) mass is 552 g/mol. The number of methoxy groups -OCH3 is 2. The largest absolute Gasteiger partial charge is 0.493 e. The number of nitrogens with zero attached hydrogens (tertiary/aromatic N) is 3. The van der Waals surface area contributed by atoms with Crippen molar-refractivity contribution in [2.45, 2.75) is 6.92 Å². The average molecular weight is 552 g/mol. The van der Waals surface area contributed by atoms with Crippen LogP contribution < -0.4 is 19.7 Å². The molecule has 32 heavy (non-hydrogen) atoms. The van der Waals surface area contributed by atoms with E-state index in [-0.39, 0.29) is 17.1 Å². The molecular formula is C22H25IN4O5. The number of nitrogens with one attached hydrogen (secondary N) is 1. The number of ether oxygens (including phenoxy) is 2. The number of benzene rings is 2. The molecule has 0 atom stereocenters. The summed E-state index contributed by atoms with van der Waals surface area (Å²) in [5, 5.41) is 14.6. The van der Waals surface area contributed by atoms with Gasteiger partial charge in [0, 0.05) is 27.8 Å². The van der Waals surface area contributed by atoms with Crippen LogP contribution in [0.15, 0.2) is 42.6 Å². The zero-order valence-corrected chi connectivity index (χ0v) is 20.7.